The van der Waals surface area contributed by atoms with Gasteiger partial charge in [0.2, 0.25) is 0 Å². The number of hydrogen-bond donors (Lipinski definition) is 1. The minimum Gasteiger partial charge on any atom is -0.317 e. The van der Waals surface area contributed by atoms with E-state index in [9.17, 15) is 4.21 Å². The van der Waals surface area contributed by atoms with Crippen molar-refractivity contribution in [3.8, 4) is 0 Å². The maximum atomic E-state index is 12.0. The molecule has 1 aromatic rings. The lowest BCUT2D eigenvalue weighted by Gasteiger charge is -2.21. The van der Waals surface area contributed by atoms with Crippen LogP contribution in [-0.2, 0) is 10.8 Å². The zero-order valence-corrected chi connectivity index (χ0v) is 10.4. The van der Waals surface area contributed by atoms with Crippen molar-refractivity contribution >= 4 is 22.4 Å². The third-order valence-electron chi connectivity index (χ3n) is 2.69. The van der Waals surface area contributed by atoms with Gasteiger partial charge in [-0.1, -0.05) is 11.6 Å². The van der Waals surface area contributed by atoms with E-state index in [2.05, 4.69) is 15.3 Å². The lowest BCUT2D eigenvalue weighted by Crippen LogP contribution is -2.30. The van der Waals surface area contributed by atoms with E-state index >= 15 is 0 Å². The van der Waals surface area contributed by atoms with Crippen molar-refractivity contribution in [1.82, 2.24) is 15.3 Å². The van der Waals surface area contributed by atoms with E-state index in [4.69, 9.17) is 11.6 Å². The summed E-state index contributed by atoms with van der Waals surface area (Å²) in [6, 6.07) is 1.58. The van der Waals surface area contributed by atoms with Crippen molar-refractivity contribution in [2.45, 2.75) is 17.9 Å². The van der Waals surface area contributed by atoms with Crippen LogP contribution in [0.4, 0.5) is 0 Å². The fourth-order valence-corrected chi connectivity index (χ4v) is 3.34. The van der Waals surface area contributed by atoms with Gasteiger partial charge in [0.05, 0.1) is 10.8 Å². The molecule has 16 heavy (non-hydrogen) atoms. The molecule has 2 rings (SSSR count). The molecule has 1 N–H and O–H groups in total. The molecule has 0 unspecified atom stereocenters. The van der Waals surface area contributed by atoms with Gasteiger partial charge in [0.25, 0.3) is 0 Å². The van der Waals surface area contributed by atoms with E-state index in [0.717, 1.165) is 25.9 Å². The number of nitrogens with zero attached hydrogens (tertiary/aromatic N) is 2. The van der Waals surface area contributed by atoms with Crippen LogP contribution in [0.5, 0.6) is 0 Å². The predicted octanol–water partition coefficient (Wildman–Crippen LogP) is 1.24. The number of hydrogen-bond acceptors (Lipinski definition) is 4. The Morgan fingerprint density at radius 2 is 2.19 bits per heavy atom. The molecule has 88 valence electrons. The largest absolute Gasteiger partial charge is 0.317 e. The lowest BCUT2D eigenvalue weighted by atomic mass is 10.0. The molecule has 1 aromatic heterocycles. The van der Waals surface area contributed by atoms with Gasteiger partial charge >= 0.3 is 0 Å². The van der Waals surface area contributed by atoms with Gasteiger partial charge in [0, 0.05) is 11.8 Å². The highest BCUT2D eigenvalue weighted by molar-refractivity contribution is 7.84. The average molecular weight is 260 g/mol. The van der Waals surface area contributed by atoms with Gasteiger partial charge in [0.1, 0.15) is 16.5 Å². The Hall–Kier alpha value is -0.520. The topological polar surface area (TPSA) is 54.9 Å². The summed E-state index contributed by atoms with van der Waals surface area (Å²) in [5.41, 5.74) is 0. The van der Waals surface area contributed by atoms with Crippen LogP contribution in [0.1, 0.15) is 12.8 Å². The first-order valence-corrected chi connectivity index (χ1v) is 7.02. The molecule has 0 aromatic carbocycles. The molecule has 0 radical (unpaired) electrons. The van der Waals surface area contributed by atoms with Crippen molar-refractivity contribution in [1.29, 1.82) is 0 Å². The fourth-order valence-electron chi connectivity index (χ4n) is 1.79. The van der Waals surface area contributed by atoms with Crippen molar-refractivity contribution in [3.63, 3.8) is 0 Å². The van der Waals surface area contributed by atoms with Gasteiger partial charge in [-0.15, -0.1) is 0 Å². The van der Waals surface area contributed by atoms with Crippen LogP contribution in [0.2, 0.25) is 5.15 Å². The molecule has 0 amide bonds. The van der Waals surface area contributed by atoms with E-state index < -0.39 is 10.8 Å². The molecule has 1 fully saturated rings. The second kappa shape index (κ2) is 5.70. The molecule has 0 saturated carbocycles. The summed E-state index contributed by atoms with van der Waals surface area (Å²) in [4.78, 5) is 7.77. The lowest BCUT2D eigenvalue weighted by molar-refractivity contribution is 0.405. The van der Waals surface area contributed by atoms with Gasteiger partial charge in [-0.2, -0.15) is 0 Å². The highest BCUT2D eigenvalue weighted by atomic mass is 35.5. The van der Waals surface area contributed by atoms with Crippen molar-refractivity contribution < 1.29 is 4.21 Å². The normalized spacial score (nSPS) is 19.6. The van der Waals surface area contributed by atoms with E-state index in [1.54, 1.807) is 6.07 Å². The van der Waals surface area contributed by atoms with Gasteiger partial charge in [-0.25, -0.2) is 9.97 Å². The molecule has 4 nitrogen and oxygen atoms in total. The van der Waals surface area contributed by atoms with Crippen molar-refractivity contribution in [3.05, 3.63) is 17.5 Å². The van der Waals surface area contributed by atoms with Gasteiger partial charge in [-0.05, 0) is 31.8 Å². The first-order chi connectivity index (χ1) is 7.75. The van der Waals surface area contributed by atoms with Crippen LogP contribution in [0, 0.1) is 5.92 Å². The molecule has 1 saturated heterocycles. The Kier molecular flexibility index (Phi) is 4.26. The average Bonchev–Trinajstić information content (AvgIpc) is 2.30. The third-order valence-corrected chi connectivity index (χ3v) is 4.36. The first-order valence-electron chi connectivity index (χ1n) is 5.32. The summed E-state index contributed by atoms with van der Waals surface area (Å²) < 4.78 is 12.0. The molecule has 1 aliphatic rings. The fraction of sp³-hybridized carbons (Fsp3) is 0.600. The van der Waals surface area contributed by atoms with Crippen LogP contribution >= 0.6 is 11.6 Å². The number of rotatable bonds is 3. The molecule has 1 atom stereocenters. The number of aromatic nitrogens is 2. The summed E-state index contributed by atoms with van der Waals surface area (Å²) in [5, 5.41) is 4.18. The molecular formula is C10H14ClN3OS. The maximum Gasteiger partial charge on any atom is 0.133 e. The Labute approximate surface area is 102 Å². The predicted molar refractivity (Wildman–Crippen MR) is 63.9 cm³/mol. The molecule has 0 bridgehead atoms. The van der Waals surface area contributed by atoms with Gasteiger partial charge in [0.15, 0.2) is 0 Å². The Balaban J connectivity index is 1.97. The zero-order valence-electron chi connectivity index (χ0n) is 8.86. The smallest absolute Gasteiger partial charge is 0.133 e. The Morgan fingerprint density at radius 3 is 2.88 bits per heavy atom. The van der Waals surface area contributed by atoms with E-state index in [1.165, 1.54) is 6.33 Å². The molecule has 1 aliphatic heterocycles. The van der Waals surface area contributed by atoms with Crippen molar-refractivity contribution in [2.24, 2.45) is 5.92 Å². The van der Waals surface area contributed by atoms with Crippen LogP contribution in [0.3, 0.4) is 0 Å². The van der Waals surface area contributed by atoms with Gasteiger partial charge < -0.3 is 5.32 Å². The number of nitrogens with one attached hydrogen (secondary N) is 1. The van der Waals surface area contributed by atoms with Gasteiger partial charge in [-0.3, -0.25) is 4.21 Å². The monoisotopic (exact) mass is 259 g/mol. The van der Waals surface area contributed by atoms with E-state index in [-0.39, 0.29) is 0 Å². The number of piperidine rings is 1. The second-order valence-electron chi connectivity index (χ2n) is 3.88. The zero-order chi connectivity index (χ0) is 11.4. The molecule has 6 heteroatoms. The first kappa shape index (κ1) is 12.0. The molecule has 0 spiro atoms. The quantitative estimate of drug-likeness (QED) is 0.830. The SMILES string of the molecule is O=[S@@](CC1CCNCC1)c1cc(Cl)ncn1. The third kappa shape index (κ3) is 3.23. The Morgan fingerprint density at radius 1 is 1.44 bits per heavy atom. The van der Waals surface area contributed by atoms with Crippen LogP contribution in [0.15, 0.2) is 17.4 Å². The Bertz CT molecular complexity index is 382. The summed E-state index contributed by atoms with van der Waals surface area (Å²) in [7, 11) is -1.05. The summed E-state index contributed by atoms with van der Waals surface area (Å²) >= 11 is 5.74. The minimum absolute atomic E-state index is 0.351. The van der Waals surface area contributed by atoms with Crippen LogP contribution in [0.25, 0.3) is 0 Å². The minimum atomic E-state index is -1.05. The molecular weight excluding hydrogens is 246 g/mol. The molecule has 2 heterocycles. The summed E-state index contributed by atoms with van der Waals surface area (Å²) in [6.45, 7) is 2.04. The van der Waals surface area contributed by atoms with E-state index in [1.807, 2.05) is 0 Å². The highest BCUT2D eigenvalue weighted by Crippen LogP contribution is 2.16. The standard InChI is InChI=1S/C10H14ClN3OS/c11-9-5-10(14-7-13-9)16(15)6-8-1-3-12-4-2-8/h5,7-8,12H,1-4,6H2/t16-/m0/s1. The number of halogens is 1. The van der Waals surface area contributed by atoms with Crippen LogP contribution < -0.4 is 5.32 Å². The molecule has 0 aliphatic carbocycles. The second-order valence-corrected chi connectivity index (χ2v) is 5.71. The van der Waals surface area contributed by atoms with Crippen LogP contribution in [-0.4, -0.2) is 33.0 Å². The van der Waals surface area contributed by atoms with E-state index in [0.29, 0.717) is 21.8 Å². The highest BCUT2D eigenvalue weighted by Gasteiger charge is 2.17. The summed E-state index contributed by atoms with van der Waals surface area (Å²) in [5.74, 6) is 1.20. The summed E-state index contributed by atoms with van der Waals surface area (Å²) in [6.07, 6.45) is 3.53. The maximum absolute atomic E-state index is 12.0. The van der Waals surface area contributed by atoms with Crippen molar-refractivity contribution in [2.75, 3.05) is 18.8 Å².